The number of amides is 2. The van der Waals surface area contributed by atoms with E-state index in [0.717, 1.165) is 5.69 Å². The molecular formula is C18H16ClFN2O3. The molecule has 3 rings (SSSR count). The molecule has 1 aliphatic heterocycles. The summed E-state index contributed by atoms with van der Waals surface area (Å²) >= 11 is 5.85. The van der Waals surface area contributed by atoms with Crippen LogP contribution in [0.5, 0.6) is 5.75 Å². The molecule has 5 nitrogen and oxygen atoms in total. The molecule has 0 aliphatic carbocycles. The number of nitrogens with one attached hydrogen (secondary N) is 1. The lowest BCUT2D eigenvalue weighted by Crippen LogP contribution is -2.39. The van der Waals surface area contributed by atoms with Crippen molar-refractivity contribution in [1.29, 1.82) is 0 Å². The fraction of sp³-hybridized carbons (Fsp3) is 0.222. The van der Waals surface area contributed by atoms with E-state index in [2.05, 4.69) is 5.32 Å². The van der Waals surface area contributed by atoms with Crippen LogP contribution in [0.3, 0.4) is 0 Å². The molecule has 25 heavy (non-hydrogen) atoms. The van der Waals surface area contributed by atoms with Crippen molar-refractivity contribution in [2.75, 3.05) is 18.1 Å². The van der Waals surface area contributed by atoms with Gasteiger partial charge < -0.3 is 15.0 Å². The van der Waals surface area contributed by atoms with Gasteiger partial charge in [-0.25, -0.2) is 4.39 Å². The van der Waals surface area contributed by atoms with Gasteiger partial charge in [-0.05, 0) is 36.4 Å². The molecule has 130 valence electrons. The van der Waals surface area contributed by atoms with Gasteiger partial charge in [0.25, 0.3) is 5.91 Å². The van der Waals surface area contributed by atoms with E-state index in [1.165, 1.54) is 18.2 Å². The van der Waals surface area contributed by atoms with Gasteiger partial charge >= 0.3 is 0 Å². The van der Waals surface area contributed by atoms with Gasteiger partial charge in [-0.2, -0.15) is 0 Å². The van der Waals surface area contributed by atoms with E-state index < -0.39 is 11.7 Å². The Morgan fingerprint density at radius 1 is 1.24 bits per heavy atom. The molecule has 1 unspecified atom stereocenters. The van der Waals surface area contributed by atoms with Crippen LogP contribution in [0.1, 0.15) is 6.42 Å². The summed E-state index contributed by atoms with van der Waals surface area (Å²) < 4.78 is 18.6. The Morgan fingerprint density at radius 2 is 1.96 bits per heavy atom. The number of carbonyl (C=O) groups is 2. The van der Waals surface area contributed by atoms with E-state index in [4.69, 9.17) is 16.3 Å². The van der Waals surface area contributed by atoms with Crippen molar-refractivity contribution in [1.82, 2.24) is 5.32 Å². The van der Waals surface area contributed by atoms with Gasteiger partial charge in [0.2, 0.25) is 5.91 Å². The lowest BCUT2D eigenvalue weighted by Gasteiger charge is -2.17. The standard InChI is InChI=1S/C18H16ClFN2O3/c19-12-5-7-14(8-6-12)22-10-13(9-18(22)24)21-17(23)11-25-16-4-2-1-3-15(16)20/h1-8,13H,9-11H2,(H,21,23). The minimum Gasteiger partial charge on any atom is -0.481 e. The maximum atomic E-state index is 13.4. The Morgan fingerprint density at radius 3 is 2.68 bits per heavy atom. The van der Waals surface area contributed by atoms with Crippen molar-refractivity contribution < 1.29 is 18.7 Å². The third kappa shape index (κ3) is 4.28. The Kier molecular flexibility index (Phi) is 5.19. The summed E-state index contributed by atoms with van der Waals surface area (Å²) in [7, 11) is 0. The fourth-order valence-electron chi connectivity index (χ4n) is 2.65. The highest BCUT2D eigenvalue weighted by Gasteiger charge is 2.31. The van der Waals surface area contributed by atoms with E-state index in [-0.39, 0.29) is 30.7 Å². The summed E-state index contributed by atoms with van der Waals surface area (Å²) in [4.78, 5) is 25.7. The van der Waals surface area contributed by atoms with Gasteiger partial charge in [0.1, 0.15) is 0 Å². The number of nitrogens with zero attached hydrogens (tertiary/aromatic N) is 1. The summed E-state index contributed by atoms with van der Waals surface area (Å²) in [5.41, 5.74) is 0.730. The smallest absolute Gasteiger partial charge is 0.258 e. The summed E-state index contributed by atoms with van der Waals surface area (Å²) in [6.07, 6.45) is 0.202. The average Bonchev–Trinajstić information content (AvgIpc) is 2.95. The molecule has 1 N–H and O–H groups in total. The van der Waals surface area contributed by atoms with Crippen LogP contribution < -0.4 is 15.0 Å². The third-order valence-corrected chi connectivity index (χ3v) is 4.08. The lowest BCUT2D eigenvalue weighted by molar-refractivity contribution is -0.123. The largest absolute Gasteiger partial charge is 0.481 e. The molecule has 1 atom stereocenters. The van der Waals surface area contributed by atoms with Crippen LogP contribution in [0.4, 0.5) is 10.1 Å². The molecule has 7 heteroatoms. The Hall–Kier alpha value is -2.60. The molecule has 1 aliphatic rings. The van der Waals surface area contributed by atoms with Gasteiger partial charge in [-0.3, -0.25) is 9.59 Å². The van der Waals surface area contributed by atoms with Crippen molar-refractivity contribution in [3.8, 4) is 5.75 Å². The zero-order chi connectivity index (χ0) is 17.8. The molecule has 1 saturated heterocycles. The second-order valence-corrected chi connectivity index (χ2v) is 6.10. The number of para-hydroxylation sites is 1. The molecule has 2 amide bonds. The molecule has 2 aromatic rings. The van der Waals surface area contributed by atoms with E-state index in [1.54, 1.807) is 35.2 Å². The summed E-state index contributed by atoms with van der Waals surface area (Å²) in [6, 6.07) is 12.5. The molecule has 0 aromatic heterocycles. The van der Waals surface area contributed by atoms with Gasteiger partial charge in [0, 0.05) is 23.7 Å². The molecule has 1 fully saturated rings. The van der Waals surface area contributed by atoms with Crippen molar-refractivity contribution in [3.05, 3.63) is 59.4 Å². The quantitative estimate of drug-likeness (QED) is 0.889. The number of anilines is 1. The fourth-order valence-corrected chi connectivity index (χ4v) is 2.78. The predicted octanol–water partition coefficient (Wildman–Crippen LogP) is 2.78. The van der Waals surface area contributed by atoms with Crippen LogP contribution in [0.25, 0.3) is 0 Å². The highest BCUT2D eigenvalue weighted by atomic mass is 35.5. The molecule has 0 bridgehead atoms. The monoisotopic (exact) mass is 362 g/mol. The SMILES string of the molecule is O=C(COc1ccccc1F)NC1CC(=O)N(c2ccc(Cl)cc2)C1. The van der Waals surface area contributed by atoms with E-state index >= 15 is 0 Å². The minimum atomic E-state index is -0.528. The number of rotatable bonds is 5. The Bertz CT molecular complexity index is 782. The number of ether oxygens (including phenoxy) is 1. The summed E-state index contributed by atoms with van der Waals surface area (Å²) in [6.45, 7) is 0.0540. The van der Waals surface area contributed by atoms with Crippen molar-refractivity contribution in [3.63, 3.8) is 0 Å². The third-order valence-electron chi connectivity index (χ3n) is 3.82. The lowest BCUT2D eigenvalue weighted by atomic mass is 10.2. The van der Waals surface area contributed by atoms with Crippen molar-refractivity contribution in [2.45, 2.75) is 12.5 Å². The first-order chi connectivity index (χ1) is 12.0. The molecular weight excluding hydrogens is 347 g/mol. The first-order valence-electron chi connectivity index (χ1n) is 7.75. The topological polar surface area (TPSA) is 58.6 Å². The zero-order valence-electron chi connectivity index (χ0n) is 13.2. The molecule has 0 radical (unpaired) electrons. The molecule has 0 spiro atoms. The van der Waals surface area contributed by atoms with Crippen LogP contribution >= 0.6 is 11.6 Å². The van der Waals surface area contributed by atoms with Crippen LogP contribution in [-0.4, -0.2) is 31.0 Å². The average molecular weight is 363 g/mol. The second kappa shape index (κ2) is 7.53. The van der Waals surface area contributed by atoms with Crippen molar-refractivity contribution >= 4 is 29.1 Å². The van der Waals surface area contributed by atoms with Gasteiger partial charge in [0.15, 0.2) is 18.2 Å². The van der Waals surface area contributed by atoms with Gasteiger partial charge in [-0.15, -0.1) is 0 Å². The van der Waals surface area contributed by atoms with E-state index in [1.807, 2.05) is 0 Å². The first kappa shape index (κ1) is 17.2. The van der Waals surface area contributed by atoms with E-state index in [9.17, 15) is 14.0 Å². The second-order valence-electron chi connectivity index (χ2n) is 5.67. The molecule has 1 heterocycles. The van der Waals surface area contributed by atoms with Crippen LogP contribution in [0.2, 0.25) is 5.02 Å². The van der Waals surface area contributed by atoms with Gasteiger partial charge in [0.05, 0.1) is 6.04 Å². The van der Waals surface area contributed by atoms with Crippen LogP contribution in [0.15, 0.2) is 48.5 Å². The predicted molar refractivity (Wildman–Crippen MR) is 92.2 cm³/mol. The maximum Gasteiger partial charge on any atom is 0.258 e. The highest BCUT2D eigenvalue weighted by molar-refractivity contribution is 6.30. The number of benzene rings is 2. The number of carbonyl (C=O) groups excluding carboxylic acids is 2. The minimum absolute atomic E-state index is 0.0166. The highest BCUT2D eigenvalue weighted by Crippen LogP contribution is 2.23. The Labute approximate surface area is 149 Å². The normalized spacial score (nSPS) is 16.8. The summed E-state index contributed by atoms with van der Waals surface area (Å²) in [5.74, 6) is -0.996. The van der Waals surface area contributed by atoms with Crippen molar-refractivity contribution in [2.24, 2.45) is 0 Å². The van der Waals surface area contributed by atoms with Crippen LogP contribution in [0, 0.1) is 5.82 Å². The van der Waals surface area contributed by atoms with Gasteiger partial charge in [-0.1, -0.05) is 23.7 Å². The maximum absolute atomic E-state index is 13.4. The zero-order valence-corrected chi connectivity index (χ0v) is 14.0. The van der Waals surface area contributed by atoms with E-state index in [0.29, 0.717) is 11.6 Å². The number of halogens is 2. The molecule has 2 aromatic carbocycles. The number of hydrogen-bond donors (Lipinski definition) is 1. The molecule has 0 saturated carbocycles. The Balaban J connectivity index is 1.53. The first-order valence-corrected chi connectivity index (χ1v) is 8.13. The van der Waals surface area contributed by atoms with Crippen LogP contribution in [-0.2, 0) is 9.59 Å². The summed E-state index contributed by atoms with van der Waals surface area (Å²) in [5, 5.41) is 3.32. The number of hydrogen-bond acceptors (Lipinski definition) is 3.